The van der Waals surface area contributed by atoms with Gasteiger partial charge in [-0.2, -0.15) is 0 Å². The van der Waals surface area contributed by atoms with E-state index in [1.807, 2.05) is 194 Å². The average molecular weight is 1870 g/mol. The second kappa shape index (κ2) is 39.6. The molecule has 0 unspecified atom stereocenters. The number of piperidine rings is 1. The number of hydrogen-bond acceptors (Lipinski definition) is 27. The van der Waals surface area contributed by atoms with Crippen LogP contribution in [0.4, 0.5) is 28.4 Å². The van der Waals surface area contributed by atoms with Gasteiger partial charge in [0.1, 0.15) is 45.2 Å². The van der Waals surface area contributed by atoms with E-state index in [-0.39, 0.29) is 33.8 Å². The Morgan fingerprint density at radius 1 is 0.345 bits per heavy atom. The summed E-state index contributed by atoms with van der Waals surface area (Å²) in [5.41, 5.74) is 23.8. The number of aryl methyl sites for hydroxylation is 2. The number of aromatic nitrogens is 16. The second-order valence-electron chi connectivity index (χ2n) is 36.1. The van der Waals surface area contributed by atoms with Gasteiger partial charge in [0.05, 0.1) is 85.3 Å². The zero-order valence-corrected chi connectivity index (χ0v) is 78.7. The van der Waals surface area contributed by atoms with Crippen LogP contribution in [0.1, 0.15) is 26.7 Å². The number of benzene rings is 2. The van der Waals surface area contributed by atoms with E-state index >= 15 is 0 Å². The number of ether oxygens (including phenoxy) is 4. The molecule has 24 rings (SSSR count). The number of nitrogens with zero attached hydrogens (tertiary/aromatic N) is 20. The quantitative estimate of drug-likeness (QED) is 0.0589. The van der Waals surface area contributed by atoms with Gasteiger partial charge in [-0.25, -0.2) is 39.9 Å². The molecule has 22 heterocycles. The fraction of sp³-hybridized carbons (Fsp3) is 0.298. The fourth-order valence-corrected chi connectivity index (χ4v) is 19.4. The normalized spacial score (nSPS) is 17.2. The molecule has 18 aromatic rings. The molecule has 35 nitrogen and oxygen atoms in total. The Bertz CT molecular complexity index is 7940. The first-order valence-electron chi connectivity index (χ1n) is 47.0. The van der Waals surface area contributed by atoms with Crippen molar-refractivity contribution in [3.8, 4) is 79.3 Å². The molecule has 139 heavy (non-hydrogen) atoms. The Labute approximate surface area is 798 Å². The third-order valence-electron chi connectivity index (χ3n) is 26.8. The highest BCUT2D eigenvalue weighted by molar-refractivity contribution is 5.84. The molecule has 0 bridgehead atoms. The Hall–Kier alpha value is -15.7. The molecule has 2 aromatic carbocycles. The number of nitrogens with one attached hydrogen (secondary N) is 5. The zero-order chi connectivity index (χ0) is 95.6. The summed E-state index contributed by atoms with van der Waals surface area (Å²) in [4.78, 5) is 115. The van der Waals surface area contributed by atoms with Crippen molar-refractivity contribution < 1.29 is 18.9 Å². The monoisotopic (exact) mass is 1870 g/mol. The van der Waals surface area contributed by atoms with Gasteiger partial charge in [0, 0.05) is 279 Å². The van der Waals surface area contributed by atoms with Crippen molar-refractivity contribution >= 4 is 89.8 Å². The smallest absolute Gasteiger partial charge is 0.258 e. The second-order valence-corrected chi connectivity index (χ2v) is 36.1. The summed E-state index contributed by atoms with van der Waals surface area (Å²) < 4.78 is 33.3. The molecule has 710 valence electrons. The van der Waals surface area contributed by atoms with Gasteiger partial charge in [0.15, 0.2) is 23.0 Å². The fourth-order valence-electron chi connectivity index (χ4n) is 19.4. The lowest BCUT2D eigenvalue weighted by Gasteiger charge is -2.37. The summed E-state index contributed by atoms with van der Waals surface area (Å²) in [6.07, 6.45) is 22.5. The van der Waals surface area contributed by atoms with Crippen LogP contribution in [0.25, 0.3) is 118 Å². The first-order chi connectivity index (χ1) is 67.7. The summed E-state index contributed by atoms with van der Waals surface area (Å²) in [5, 5.41) is 16.7. The molecule has 0 amide bonds. The highest BCUT2D eigenvalue weighted by Gasteiger charge is 2.37. The molecule has 0 radical (unpaired) electrons. The number of pyridine rings is 8. The Kier molecular flexibility index (Phi) is 25.9. The van der Waals surface area contributed by atoms with Crippen molar-refractivity contribution in [2.45, 2.75) is 44.8 Å². The molecular formula is C104H110N26O9. The summed E-state index contributed by atoms with van der Waals surface area (Å²) >= 11 is 0. The van der Waals surface area contributed by atoms with Crippen LogP contribution in [0.2, 0.25) is 0 Å². The van der Waals surface area contributed by atoms with Crippen molar-refractivity contribution in [1.29, 1.82) is 0 Å². The number of methoxy groups -OCH3 is 4. The average Bonchev–Trinajstić information content (AvgIpc) is 1.79. The third-order valence-corrected chi connectivity index (χ3v) is 26.8. The number of anilines is 5. The SMILES string of the molecule is COc1ccc(-c2cc(=O)n3cc(N4CCC(N)CC4)ccc3n2)cc1OC.COc1ccc(-c2cc(=O)n3cc(N4C[C@H]5CNC[C@H]5C4)ccc3n2)cc1OC.C[C@@H]1CN(c2ccc3nc(-c4cnc5c(ccn5C)c4)cc(=O)n3c2)C[C@H](C)N1.Cn1ccc2cc(-c3cc(=O)n4cc(N5CCNCC5)ccc4n3)cnc21.O=c1cc(-c2cnc3[nH]ccc3c2)nc2ccc(N3CCNCC3)cn12. The largest absolute Gasteiger partial charge is 0.493 e. The number of rotatable bonds is 14. The van der Waals surface area contributed by atoms with E-state index in [2.05, 4.69) is 102 Å². The lowest BCUT2D eigenvalue weighted by Crippen LogP contribution is -2.54. The lowest BCUT2D eigenvalue weighted by molar-refractivity contribution is 0.355. The Morgan fingerprint density at radius 2 is 0.683 bits per heavy atom. The van der Waals surface area contributed by atoms with Gasteiger partial charge in [0.25, 0.3) is 27.8 Å². The van der Waals surface area contributed by atoms with Crippen LogP contribution in [0.15, 0.2) is 256 Å². The summed E-state index contributed by atoms with van der Waals surface area (Å²) in [6.45, 7) is 19.8. The number of fused-ring (bicyclic) bond motifs is 9. The minimum Gasteiger partial charge on any atom is -0.493 e. The van der Waals surface area contributed by atoms with Crippen LogP contribution in [-0.2, 0) is 14.1 Å². The molecule has 6 fully saturated rings. The van der Waals surface area contributed by atoms with Gasteiger partial charge in [-0.3, -0.25) is 46.0 Å². The van der Waals surface area contributed by atoms with Gasteiger partial charge in [-0.05, 0) is 172 Å². The van der Waals surface area contributed by atoms with E-state index in [0.29, 0.717) is 104 Å². The van der Waals surface area contributed by atoms with Crippen LogP contribution in [0.3, 0.4) is 0 Å². The number of aromatic amines is 1. The highest BCUT2D eigenvalue weighted by Crippen LogP contribution is 2.37. The first-order valence-corrected chi connectivity index (χ1v) is 47.0. The third kappa shape index (κ3) is 19.4. The van der Waals surface area contributed by atoms with Gasteiger partial charge in [0.2, 0.25) is 0 Å². The molecule has 6 saturated heterocycles. The van der Waals surface area contributed by atoms with E-state index < -0.39 is 0 Å². The van der Waals surface area contributed by atoms with E-state index in [9.17, 15) is 24.0 Å². The molecule has 0 saturated carbocycles. The van der Waals surface area contributed by atoms with Gasteiger partial charge in [-0.15, -0.1) is 0 Å². The van der Waals surface area contributed by atoms with Gasteiger partial charge in [-0.1, -0.05) is 0 Å². The molecular weight excluding hydrogens is 1760 g/mol. The molecule has 0 aliphatic carbocycles. The lowest BCUT2D eigenvalue weighted by atomic mass is 10.0. The van der Waals surface area contributed by atoms with Crippen LogP contribution >= 0.6 is 0 Å². The van der Waals surface area contributed by atoms with E-state index in [4.69, 9.17) is 39.6 Å². The molecule has 16 aromatic heterocycles. The molecule has 35 heteroatoms. The van der Waals surface area contributed by atoms with E-state index in [1.165, 1.54) is 0 Å². The highest BCUT2D eigenvalue weighted by atomic mass is 16.5. The predicted molar refractivity (Wildman–Crippen MR) is 545 cm³/mol. The Morgan fingerprint density at radius 3 is 1.06 bits per heavy atom. The molecule has 4 atom stereocenters. The summed E-state index contributed by atoms with van der Waals surface area (Å²) in [6, 6.07) is 51.8. The zero-order valence-electron chi connectivity index (χ0n) is 78.7. The number of piperazine rings is 3. The van der Waals surface area contributed by atoms with Crippen LogP contribution in [-0.4, -0.2) is 227 Å². The van der Waals surface area contributed by atoms with Crippen LogP contribution in [0.5, 0.6) is 23.0 Å². The topological polar surface area (TPSA) is 363 Å². The first kappa shape index (κ1) is 91.1. The van der Waals surface area contributed by atoms with Crippen LogP contribution < -0.4 is 98.2 Å². The maximum absolute atomic E-state index is 12.9. The summed E-state index contributed by atoms with van der Waals surface area (Å²) in [5.74, 6) is 3.89. The standard InChI is InChI=1S/C22H24N6O.C22H24N4O3.C21H24N4O3.C20H20N6O.C19H18N6O/c1-14-11-27(12-15(2)24-14)18-4-5-20-25-19(9-21(29)28(20)13-18)17-8-16-6-7-26(3)22(16)23-10-17;1-28-19-5-3-14(7-20(19)29-2)18-8-22(27)26-13-17(4-6-21(26)24-18)25-11-15-9-23-10-16(15)12-25;1-27-18-5-3-14(11-19(18)28-2)17-12-21(26)25-13-16(4-6-20(25)23-17)24-9-7-15(22)8-10-24;1-24-7-4-14-10-15(12-22-20(14)24)17-11-19(27)26-13-16(2-3-18(26)23-17)25-8-5-21-6-9-25;26-18-10-16(14-9-13-3-4-21-19(13)22-11-14)23-17-2-1-15(12-25(17)18)24-7-5-20-6-8-24/h4-10,13-15,24H,11-12H2,1-3H3;3-8,13,15-16,23H,9-12H2,1-2H3;3-6,11-13,15H,7-10,22H2,1-2H3;2-4,7,10-13,21H,5-6,8-9H2,1H3;1-4,9-12,20H,5-8H2,(H,21,22)/t14-,15+;15-,16+;;;. The van der Waals surface area contributed by atoms with Gasteiger partial charge >= 0.3 is 0 Å². The van der Waals surface area contributed by atoms with Crippen molar-refractivity contribution in [2.24, 2.45) is 31.7 Å². The van der Waals surface area contributed by atoms with Crippen molar-refractivity contribution in [3.05, 3.63) is 284 Å². The van der Waals surface area contributed by atoms with Crippen molar-refractivity contribution in [3.63, 3.8) is 0 Å². The van der Waals surface area contributed by atoms with Crippen LogP contribution in [0, 0.1) is 11.8 Å². The molecule has 7 N–H and O–H groups in total. The maximum atomic E-state index is 12.9. The minimum absolute atomic E-state index is 0.0832. The number of hydrogen-bond donors (Lipinski definition) is 6. The van der Waals surface area contributed by atoms with E-state index in [1.54, 1.807) is 99.4 Å². The maximum Gasteiger partial charge on any atom is 0.258 e. The van der Waals surface area contributed by atoms with Crippen molar-refractivity contribution in [1.82, 2.24) is 97.3 Å². The van der Waals surface area contributed by atoms with Crippen molar-refractivity contribution in [2.75, 3.05) is 158 Å². The predicted octanol–water partition coefficient (Wildman–Crippen LogP) is 10.1. The molecule has 6 aliphatic heterocycles. The Balaban J connectivity index is 0.000000107. The summed E-state index contributed by atoms with van der Waals surface area (Å²) in [7, 11) is 10.3. The molecule has 0 spiro atoms. The number of H-pyrrole nitrogens is 1. The molecule has 6 aliphatic rings. The number of nitrogens with two attached hydrogens (primary N) is 1. The minimum atomic E-state index is -0.120. The van der Waals surface area contributed by atoms with E-state index in [0.717, 1.165) is 207 Å². The van der Waals surface area contributed by atoms with Gasteiger partial charge < -0.3 is 84.6 Å².